The van der Waals surface area contributed by atoms with Crippen molar-refractivity contribution in [1.82, 2.24) is 20.2 Å². The van der Waals surface area contributed by atoms with Crippen LogP contribution in [0.2, 0.25) is 0 Å². The van der Waals surface area contributed by atoms with Crippen molar-refractivity contribution in [3.8, 4) is 0 Å². The number of hydrogen-bond acceptors (Lipinski definition) is 4. The number of piperidine rings is 1. The Hall–Kier alpha value is -2.18. The molecule has 2 aliphatic rings. The Bertz CT molecular complexity index is 763. The Labute approximate surface area is 153 Å². The molecule has 0 bridgehead atoms. The van der Waals surface area contributed by atoms with Gasteiger partial charge in [0.05, 0.1) is 5.69 Å². The fraction of sp³-hybridized carbons (Fsp3) is 0.684. The second-order valence-corrected chi connectivity index (χ2v) is 7.63. The Morgan fingerprint density at radius 3 is 2.62 bits per heavy atom. The number of aromatic amines is 1. The van der Waals surface area contributed by atoms with Gasteiger partial charge in [0.2, 0.25) is 11.8 Å². The van der Waals surface area contributed by atoms with Gasteiger partial charge in [-0.3, -0.25) is 14.4 Å². The minimum Gasteiger partial charge on any atom is -0.345 e. The fourth-order valence-corrected chi connectivity index (χ4v) is 4.42. The van der Waals surface area contributed by atoms with Crippen LogP contribution in [-0.2, 0) is 21.4 Å². The molecule has 2 heterocycles. The molecule has 1 spiro atoms. The SMILES string of the molecule is CCCC(NC(C)=O)C(=O)N1CCC2(CCc3c2nc(C)[nH]c3=O)CC1. The van der Waals surface area contributed by atoms with Gasteiger partial charge in [0.15, 0.2) is 0 Å². The van der Waals surface area contributed by atoms with Gasteiger partial charge < -0.3 is 15.2 Å². The van der Waals surface area contributed by atoms with Crippen molar-refractivity contribution in [3.63, 3.8) is 0 Å². The smallest absolute Gasteiger partial charge is 0.254 e. The van der Waals surface area contributed by atoms with Gasteiger partial charge in [0.25, 0.3) is 5.56 Å². The van der Waals surface area contributed by atoms with Crippen LogP contribution in [0.1, 0.15) is 63.0 Å². The molecule has 0 aromatic carbocycles. The summed E-state index contributed by atoms with van der Waals surface area (Å²) in [6.07, 6.45) is 4.82. The average molecular weight is 360 g/mol. The van der Waals surface area contributed by atoms with Gasteiger partial charge in [-0.05, 0) is 39.0 Å². The molecular weight excluding hydrogens is 332 g/mol. The summed E-state index contributed by atoms with van der Waals surface area (Å²) in [4.78, 5) is 45.7. The van der Waals surface area contributed by atoms with Crippen molar-refractivity contribution < 1.29 is 9.59 Å². The molecule has 2 N–H and O–H groups in total. The third-order valence-corrected chi connectivity index (χ3v) is 5.77. The standard InChI is InChI=1S/C19H28N4O3/c1-4-5-15(22-13(3)24)18(26)23-10-8-19(9-11-23)7-6-14-16(19)20-12(2)21-17(14)25/h15H,4-11H2,1-3H3,(H,22,24)(H,20,21,25). The molecule has 1 saturated heterocycles. The lowest BCUT2D eigenvalue weighted by molar-refractivity contribution is -0.137. The van der Waals surface area contributed by atoms with Crippen molar-refractivity contribution in [2.24, 2.45) is 0 Å². The summed E-state index contributed by atoms with van der Waals surface area (Å²) in [5, 5.41) is 2.78. The lowest BCUT2D eigenvalue weighted by atomic mass is 9.76. The number of H-pyrrole nitrogens is 1. The number of fused-ring (bicyclic) bond motifs is 2. The molecule has 7 heteroatoms. The molecule has 1 aliphatic carbocycles. The first-order valence-electron chi connectivity index (χ1n) is 9.52. The van der Waals surface area contributed by atoms with Gasteiger partial charge in [-0.15, -0.1) is 0 Å². The van der Waals surface area contributed by atoms with Crippen molar-refractivity contribution in [3.05, 3.63) is 27.4 Å². The first-order chi connectivity index (χ1) is 12.4. The Kier molecular flexibility index (Phi) is 5.16. The number of nitrogens with one attached hydrogen (secondary N) is 2. The second-order valence-electron chi connectivity index (χ2n) is 7.63. The highest BCUT2D eigenvalue weighted by molar-refractivity contribution is 5.87. The molecule has 26 heavy (non-hydrogen) atoms. The van der Waals surface area contributed by atoms with E-state index < -0.39 is 6.04 Å². The number of aryl methyl sites for hydroxylation is 1. The molecule has 1 fully saturated rings. The van der Waals surface area contributed by atoms with Gasteiger partial charge in [-0.25, -0.2) is 4.98 Å². The van der Waals surface area contributed by atoms with E-state index in [9.17, 15) is 14.4 Å². The average Bonchev–Trinajstić information content (AvgIpc) is 2.93. The van der Waals surface area contributed by atoms with Crippen LogP contribution in [0.3, 0.4) is 0 Å². The molecule has 1 aliphatic heterocycles. The van der Waals surface area contributed by atoms with Crippen LogP contribution in [0.25, 0.3) is 0 Å². The van der Waals surface area contributed by atoms with Crippen molar-refractivity contribution >= 4 is 11.8 Å². The van der Waals surface area contributed by atoms with Crippen LogP contribution >= 0.6 is 0 Å². The fourth-order valence-electron chi connectivity index (χ4n) is 4.42. The number of hydrogen-bond donors (Lipinski definition) is 2. The van der Waals surface area contributed by atoms with E-state index in [1.165, 1.54) is 6.92 Å². The summed E-state index contributed by atoms with van der Waals surface area (Å²) in [6.45, 7) is 6.56. The number of amides is 2. The van der Waals surface area contributed by atoms with Crippen LogP contribution in [0, 0.1) is 6.92 Å². The van der Waals surface area contributed by atoms with E-state index in [1.807, 2.05) is 18.7 Å². The number of rotatable bonds is 4. The van der Waals surface area contributed by atoms with Gasteiger partial charge in [0, 0.05) is 31.0 Å². The molecule has 142 valence electrons. The van der Waals surface area contributed by atoms with Crippen LogP contribution < -0.4 is 10.9 Å². The van der Waals surface area contributed by atoms with Crippen LogP contribution in [-0.4, -0.2) is 45.8 Å². The second kappa shape index (κ2) is 7.21. The minimum atomic E-state index is -0.439. The van der Waals surface area contributed by atoms with E-state index in [0.29, 0.717) is 25.3 Å². The quantitative estimate of drug-likeness (QED) is 0.843. The number of carbonyl (C=O) groups is 2. The molecule has 0 radical (unpaired) electrons. The van der Waals surface area contributed by atoms with Crippen LogP contribution in [0.4, 0.5) is 0 Å². The molecular formula is C19H28N4O3. The monoisotopic (exact) mass is 360 g/mol. The Morgan fingerprint density at radius 1 is 1.31 bits per heavy atom. The normalized spacial score (nSPS) is 19.3. The largest absolute Gasteiger partial charge is 0.345 e. The summed E-state index contributed by atoms with van der Waals surface area (Å²) in [5.41, 5.74) is 1.66. The summed E-state index contributed by atoms with van der Waals surface area (Å²) >= 11 is 0. The highest BCUT2D eigenvalue weighted by atomic mass is 16.2. The van der Waals surface area contributed by atoms with Crippen LogP contribution in [0.5, 0.6) is 0 Å². The summed E-state index contributed by atoms with van der Waals surface area (Å²) < 4.78 is 0. The maximum absolute atomic E-state index is 12.8. The highest BCUT2D eigenvalue weighted by Crippen LogP contribution is 2.44. The lowest BCUT2D eigenvalue weighted by Gasteiger charge is -2.40. The molecule has 2 amide bonds. The van der Waals surface area contributed by atoms with E-state index in [-0.39, 0.29) is 22.8 Å². The summed E-state index contributed by atoms with van der Waals surface area (Å²) in [6, 6.07) is -0.439. The number of carbonyl (C=O) groups excluding carboxylic acids is 2. The number of likely N-dealkylation sites (tertiary alicyclic amines) is 1. The maximum atomic E-state index is 12.8. The molecule has 1 unspecified atom stereocenters. The summed E-state index contributed by atoms with van der Waals surface area (Å²) in [5.74, 6) is 0.487. The van der Waals surface area contributed by atoms with E-state index in [4.69, 9.17) is 0 Å². The predicted molar refractivity (Wildman–Crippen MR) is 97.9 cm³/mol. The first-order valence-corrected chi connectivity index (χ1v) is 9.52. The van der Waals surface area contributed by atoms with Crippen molar-refractivity contribution in [1.29, 1.82) is 0 Å². The zero-order valence-corrected chi connectivity index (χ0v) is 15.9. The lowest BCUT2D eigenvalue weighted by Crippen LogP contribution is -2.52. The van der Waals surface area contributed by atoms with E-state index in [2.05, 4.69) is 15.3 Å². The van der Waals surface area contributed by atoms with Gasteiger partial charge in [0.1, 0.15) is 11.9 Å². The van der Waals surface area contributed by atoms with Crippen molar-refractivity contribution in [2.75, 3.05) is 13.1 Å². The maximum Gasteiger partial charge on any atom is 0.254 e. The molecule has 3 rings (SSSR count). The minimum absolute atomic E-state index is 0.00479. The zero-order valence-electron chi connectivity index (χ0n) is 15.9. The van der Waals surface area contributed by atoms with Crippen LogP contribution in [0.15, 0.2) is 4.79 Å². The zero-order chi connectivity index (χ0) is 18.9. The third kappa shape index (κ3) is 3.39. The Morgan fingerprint density at radius 2 is 2.00 bits per heavy atom. The first kappa shape index (κ1) is 18.6. The van der Waals surface area contributed by atoms with Gasteiger partial charge in [-0.1, -0.05) is 13.3 Å². The predicted octanol–water partition coefficient (Wildman–Crippen LogP) is 1.19. The summed E-state index contributed by atoms with van der Waals surface area (Å²) in [7, 11) is 0. The highest BCUT2D eigenvalue weighted by Gasteiger charge is 2.45. The van der Waals surface area contributed by atoms with E-state index in [1.54, 1.807) is 0 Å². The molecule has 7 nitrogen and oxygen atoms in total. The van der Waals surface area contributed by atoms with E-state index >= 15 is 0 Å². The topological polar surface area (TPSA) is 95.2 Å². The van der Waals surface area contributed by atoms with Gasteiger partial charge in [-0.2, -0.15) is 0 Å². The molecule has 1 atom stereocenters. The van der Waals surface area contributed by atoms with Crippen molar-refractivity contribution in [2.45, 2.75) is 70.8 Å². The van der Waals surface area contributed by atoms with E-state index in [0.717, 1.165) is 43.4 Å². The molecule has 0 saturated carbocycles. The van der Waals surface area contributed by atoms with Gasteiger partial charge >= 0.3 is 0 Å². The molecule has 1 aromatic heterocycles. The number of aromatic nitrogens is 2. The third-order valence-electron chi connectivity index (χ3n) is 5.77. The number of nitrogens with zero attached hydrogens (tertiary/aromatic N) is 2. The Balaban J connectivity index is 1.73. The molecule has 1 aromatic rings.